The third-order valence-electron chi connectivity index (χ3n) is 5.85. The summed E-state index contributed by atoms with van der Waals surface area (Å²) in [5, 5.41) is 2.58. The van der Waals surface area contributed by atoms with Crippen LogP contribution in [0.25, 0.3) is 11.3 Å². The molecule has 200 valence electrons. The zero-order valence-electron chi connectivity index (χ0n) is 21.9. The summed E-state index contributed by atoms with van der Waals surface area (Å²) in [5.41, 5.74) is 7.77. The summed E-state index contributed by atoms with van der Waals surface area (Å²) in [7, 11) is 0. The Morgan fingerprint density at radius 2 is 2.08 bits per heavy atom. The summed E-state index contributed by atoms with van der Waals surface area (Å²) in [4.78, 5) is 38.3. The molecule has 2 aromatic heterocycles. The third kappa shape index (κ3) is 6.67. The lowest BCUT2D eigenvalue weighted by atomic mass is 10.1. The van der Waals surface area contributed by atoms with Crippen molar-refractivity contribution < 1.29 is 23.8 Å². The molecule has 1 fully saturated rings. The maximum absolute atomic E-state index is 13.0. The number of pyridine rings is 1. The van der Waals surface area contributed by atoms with Crippen LogP contribution in [0, 0.1) is 6.92 Å². The van der Waals surface area contributed by atoms with E-state index in [9.17, 15) is 9.59 Å². The molecule has 11 heteroatoms. The van der Waals surface area contributed by atoms with E-state index in [1.165, 1.54) is 6.20 Å². The fourth-order valence-corrected chi connectivity index (χ4v) is 4.06. The molecule has 0 saturated carbocycles. The molecule has 4 rings (SSSR count). The summed E-state index contributed by atoms with van der Waals surface area (Å²) in [5.74, 6) is 1.48. The molecule has 11 nitrogen and oxygen atoms in total. The number of hydrogen-bond acceptors (Lipinski definition) is 9. The molecule has 1 aliphatic rings. The summed E-state index contributed by atoms with van der Waals surface area (Å²) in [6.45, 7) is 7.79. The van der Waals surface area contributed by atoms with Crippen molar-refractivity contribution in [2.75, 3.05) is 24.2 Å². The van der Waals surface area contributed by atoms with Gasteiger partial charge in [0, 0.05) is 24.2 Å². The predicted molar refractivity (Wildman–Crippen MR) is 142 cm³/mol. The molecule has 3 N–H and O–H groups in total. The number of ether oxygens (including phenoxy) is 3. The van der Waals surface area contributed by atoms with E-state index >= 15 is 0 Å². The van der Waals surface area contributed by atoms with E-state index in [-0.39, 0.29) is 18.8 Å². The fraction of sp³-hybridized carbons (Fsp3) is 0.370. The van der Waals surface area contributed by atoms with Gasteiger partial charge < -0.3 is 25.3 Å². The Morgan fingerprint density at radius 1 is 1.26 bits per heavy atom. The van der Waals surface area contributed by atoms with Crippen LogP contribution < -0.4 is 20.5 Å². The van der Waals surface area contributed by atoms with Crippen molar-refractivity contribution in [2.24, 2.45) is 0 Å². The summed E-state index contributed by atoms with van der Waals surface area (Å²) in [6.07, 6.45) is 4.98. The summed E-state index contributed by atoms with van der Waals surface area (Å²) < 4.78 is 17.9. The Balaban J connectivity index is 1.49. The first-order valence-electron chi connectivity index (χ1n) is 12.3. The Bertz CT molecular complexity index is 1290. The molecule has 0 aliphatic carbocycles. The number of anilines is 2. The largest absolute Gasteiger partial charge is 0.491 e. The van der Waals surface area contributed by atoms with Gasteiger partial charge in [-0.25, -0.2) is 14.8 Å². The maximum atomic E-state index is 13.0. The molecule has 0 spiro atoms. The Hall–Kier alpha value is -4.41. The first-order chi connectivity index (χ1) is 18.1. The average molecular weight is 521 g/mol. The molecule has 1 saturated heterocycles. The van der Waals surface area contributed by atoms with Gasteiger partial charge in [0.1, 0.15) is 41.3 Å². The maximum Gasteiger partial charge on any atom is 0.410 e. The molecule has 2 atom stereocenters. The quantitative estimate of drug-likeness (QED) is 0.424. The van der Waals surface area contributed by atoms with Crippen LogP contribution in [0.5, 0.6) is 11.5 Å². The number of nitrogens with zero attached hydrogens (tertiary/aromatic N) is 4. The monoisotopic (exact) mass is 520 g/mol. The molecule has 2 unspecified atom stereocenters. The minimum atomic E-state index is -0.653. The molecule has 0 radical (unpaired) electrons. The van der Waals surface area contributed by atoms with Crippen LogP contribution in [-0.2, 0) is 9.53 Å². The predicted octanol–water partition coefficient (Wildman–Crippen LogP) is 3.83. The van der Waals surface area contributed by atoms with Crippen LogP contribution in [0.4, 0.5) is 16.3 Å². The Morgan fingerprint density at radius 3 is 2.82 bits per heavy atom. The standard InChI is InChI=1S/C27H32N6O5/c1-17-25(28)30-13-22(32-17)18-6-5-7-20(10-18)36-15-19-11-21(14-33(19)26(35)38-27(2,3)4)37-24-8-9-29-12-23(24)31-16-34/h5-10,12-13,16,19,21H,11,14-15H2,1-4H3,(H2,28,30)(H,31,34). The summed E-state index contributed by atoms with van der Waals surface area (Å²) in [6, 6.07) is 8.86. The van der Waals surface area contributed by atoms with E-state index in [1.54, 1.807) is 30.3 Å². The zero-order valence-corrected chi connectivity index (χ0v) is 21.9. The number of nitrogens with two attached hydrogens (primary N) is 1. The van der Waals surface area contributed by atoms with E-state index in [4.69, 9.17) is 19.9 Å². The van der Waals surface area contributed by atoms with Gasteiger partial charge in [0.2, 0.25) is 6.41 Å². The molecule has 2 amide bonds. The molecule has 1 aromatic carbocycles. The number of hydrogen-bond donors (Lipinski definition) is 2. The van der Waals surface area contributed by atoms with E-state index in [2.05, 4.69) is 20.3 Å². The van der Waals surface area contributed by atoms with Gasteiger partial charge in [-0.1, -0.05) is 12.1 Å². The summed E-state index contributed by atoms with van der Waals surface area (Å²) >= 11 is 0. The lowest BCUT2D eigenvalue weighted by molar-refractivity contribution is -0.105. The van der Waals surface area contributed by atoms with Gasteiger partial charge in [-0.15, -0.1) is 0 Å². The third-order valence-corrected chi connectivity index (χ3v) is 5.85. The van der Waals surface area contributed by atoms with Crippen LogP contribution in [0.1, 0.15) is 32.9 Å². The lowest BCUT2D eigenvalue weighted by Gasteiger charge is -2.28. The normalized spacial score (nSPS) is 17.1. The number of amides is 2. The molecular formula is C27H32N6O5. The van der Waals surface area contributed by atoms with Crippen molar-refractivity contribution in [3.63, 3.8) is 0 Å². The van der Waals surface area contributed by atoms with Crippen molar-refractivity contribution >= 4 is 24.0 Å². The number of rotatable bonds is 8. The van der Waals surface area contributed by atoms with Crippen molar-refractivity contribution in [2.45, 2.75) is 51.9 Å². The Kier molecular flexibility index (Phi) is 7.94. The van der Waals surface area contributed by atoms with E-state index in [1.807, 2.05) is 45.0 Å². The smallest absolute Gasteiger partial charge is 0.410 e. The van der Waals surface area contributed by atoms with Gasteiger partial charge in [-0.2, -0.15) is 0 Å². The zero-order chi connectivity index (χ0) is 27.3. The topological polar surface area (TPSA) is 142 Å². The molecule has 38 heavy (non-hydrogen) atoms. The van der Waals surface area contributed by atoms with E-state index in [0.717, 1.165) is 5.56 Å². The van der Waals surface area contributed by atoms with Gasteiger partial charge in [-0.05, 0) is 39.8 Å². The number of nitrogens with one attached hydrogen (secondary N) is 1. The van der Waals surface area contributed by atoms with Crippen LogP contribution >= 0.6 is 0 Å². The number of benzene rings is 1. The van der Waals surface area contributed by atoms with Crippen molar-refractivity contribution in [3.05, 3.63) is 54.6 Å². The molecule has 3 aromatic rings. The van der Waals surface area contributed by atoms with E-state index in [0.29, 0.717) is 53.8 Å². The second-order valence-electron chi connectivity index (χ2n) is 9.96. The number of nitrogen functional groups attached to an aromatic ring is 1. The SMILES string of the molecule is Cc1nc(-c2cccc(OCC3CC(Oc4ccncc4NC=O)CN3C(=O)OC(C)(C)C)c2)cnc1N. The molecule has 1 aliphatic heterocycles. The number of aryl methyl sites for hydroxylation is 1. The average Bonchev–Trinajstić information content (AvgIpc) is 3.28. The first kappa shape index (κ1) is 26.6. The molecular weight excluding hydrogens is 488 g/mol. The van der Waals surface area contributed by atoms with Gasteiger partial charge in [0.15, 0.2) is 0 Å². The number of aromatic nitrogens is 3. The van der Waals surface area contributed by atoms with Gasteiger partial charge in [0.05, 0.1) is 36.4 Å². The number of likely N-dealkylation sites (tertiary alicyclic amines) is 1. The highest BCUT2D eigenvalue weighted by atomic mass is 16.6. The second kappa shape index (κ2) is 11.3. The molecule has 0 bridgehead atoms. The van der Waals surface area contributed by atoms with Gasteiger partial charge >= 0.3 is 6.09 Å². The van der Waals surface area contributed by atoms with E-state index < -0.39 is 11.7 Å². The lowest BCUT2D eigenvalue weighted by Crippen LogP contribution is -2.42. The van der Waals surface area contributed by atoms with Crippen molar-refractivity contribution in [1.29, 1.82) is 0 Å². The molecule has 3 heterocycles. The second-order valence-corrected chi connectivity index (χ2v) is 9.96. The minimum Gasteiger partial charge on any atom is -0.491 e. The van der Waals surface area contributed by atoms with Crippen molar-refractivity contribution in [1.82, 2.24) is 19.9 Å². The van der Waals surface area contributed by atoms with Gasteiger partial charge in [0.25, 0.3) is 0 Å². The van der Waals surface area contributed by atoms with Crippen molar-refractivity contribution in [3.8, 4) is 22.8 Å². The fourth-order valence-electron chi connectivity index (χ4n) is 4.06. The minimum absolute atomic E-state index is 0.227. The Labute approximate surface area is 221 Å². The van der Waals surface area contributed by atoms with Gasteiger partial charge in [-0.3, -0.25) is 14.7 Å². The van der Waals surface area contributed by atoms with Crippen LogP contribution in [0.3, 0.4) is 0 Å². The highest BCUT2D eigenvalue weighted by Gasteiger charge is 2.39. The number of carbonyl (C=O) groups excluding carboxylic acids is 2. The van der Waals surface area contributed by atoms with Crippen LogP contribution in [0.2, 0.25) is 0 Å². The highest BCUT2D eigenvalue weighted by Crippen LogP contribution is 2.30. The first-order valence-corrected chi connectivity index (χ1v) is 12.3. The highest BCUT2D eigenvalue weighted by molar-refractivity contribution is 5.74. The number of carbonyl (C=O) groups is 2. The van der Waals surface area contributed by atoms with Crippen LogP contribution in [-0.4, -0.2) is 63.3 Å². The van der Waals surface area contributed by atoms with Crippen LogP contribution in [0.15, 0.2) is 48.9 Å².